The first-order valence-corrected chi connectivity index (χ1v) is 9.79. The number of aryl methyl sites for hydroxylation is 1. The van der Waals surface area contributed by atoms with Gasteiger partial charge in [-0.25, -0.2) is 0 Å². The molecule has 0 saturated carbocycles. The minimum absolute atomic E-state index is 0.170. The molecular formula is C23H25N3O3. The van der Waals surface area contributed by atoms with Gasteiger partial charge in [-0.05, 0) is 48.2 Å². The Hall–Kier alpha value is -3.41. The van der Waals surface area contributed by atoms with Gasteiger partial charge in [-0.15, -0.1) is 0 Å². The van der Waals surface area contributed by atoms with Crippen LogP contribution < -0.4 is 10.6 Å². The second-order valence-corrected chi connectivity index (χ2v) is 6.95. The molecule has 3 rings (SSSR count). The Morgan fingerprint density at radius 1 is 0.897 bits per heavy atom. The highest BCUT2D eigenvalue weighted by atomic mass is 16.2. The lowest BCUT2D eigenvalue weighted by atomic mass is 10.0. The third-order valence-electron chi connectivity index (χ3n) is 4.74. The van der Waals surface area contributed by atoms with Crippen LogP contribution in [0, 0.1) is 0 Å². The molecule has 0 aromatic heterocycles. The number of benzene rings is 2. The van der Waals surface area contributed by atoms with Gasteiger partial charge in [-0.2, -0.15) is 0 Å². The van der Waals surface area contributed by atoms with Crippen LogP contribution >= 0.6 is 0 Å². The third kappa shape index (κ3) is 4.37. The molecule has 1 heterocycles. The number of imide groups is 1. The summed E-state index contributed by atoms with van der Waals surface area (Å²) in [6.45, 7) is 5.81. The van der Waals surface area contributed by atoms with Crippen molar-refractivity contribution in [2.45, 2.75) is 33.6 Å². The Bertz CT molecular complexity index is 960. The largest absolute Gasteiger partial charge is 0.350 e. The Labute approximate surface area is 170 Å². The second-order valence-electron chi connectivity index (χ2n) is 6.95. The Morgan fingerprint density at radius 2 is 1.52 bits per heavy atom. The number of nitrogens with zero attached hydrogens (tertiary/aromatic N) is 1. The minimum atomic E-state index is -0.322. The molecule has 0 radical (unpaired) electrons. The maximum Gasteiger partial charge on any atom is 0.278 e. The SMILES string of the molecule is CCCN1C(=O)C(Nc2ccc(CC)cc2)=C(c2ccc(NC(C)=O)cc2)C1=O. The van der Waals surface area contributed by atoms with E-state index in [0.717, 1.165) is 12.1 Å². The lowest BCUT2D eigenvalue weighted by molar-refractivity contribution is -0.136. The molecule has 0 fully saturated rings. The topological polar surface area (TPSA) is 78.5 Å². The highest BCUT2D eigenvalue weighted by Crippen LogP contribution is 2.31. The number of hydrogen-bond donors (Lipinski definition) is 2. The fraction of sp³-hybridized carbons (Fsp3) is 0.261. The Morgan fingerprint density at radius 3 is 2.07 bits per heavy atom. The van der Waals surface area contributed by atoms with E-state index in [2.05, 4.69) is 17.6 Å². The summed E-state index contributed by atoms with van der Waals surface area (Å²) in [7, 11) is 0. The van der Waals surface area contributed by atoms with Gasteiger partial charge in [-0.3, -0.25) is 19.3 Å². The monoisotopic (exact) mass is 391 g/mol. The molecule has 0 bridgehead atoms. The van der Waals surface area contributed by atoms with Crippen LogP contribution in [0.2, 0.25) is 0 Å². The van der Waals surface area contributed by atoms with Crippen LogP contribution in [0.25, 0.3) is 5.57 Å². The van der Waals surface area contributed by atoms with E-state index in [1.165, 1.54) is 17.4 Å². The van der Waals surface area contributed by atoms with Crippen LogP contribution in [0.5, 0.6) is 0 Å². The summed E-state index contributed by atoms with van der Waals surface area (Å²) in [5.74, 6) is -0.801. The van der Waals surface area contributed by atoms with Gasteiger partial charge < -0.3 is 10.6 Å². The number of rotatable bonds is 7. The van der Waals surface area contributed by atoms with Crippen molar-refractivity contribution in [3.63, 3.8) is 0 Å². The van der Waals surface area contributed by atoms with Gasteiger partial charge in [0.2, 0.25) is 5.91 Å². The van der Waals surface area contributed by atoms with Gasteiger partial charge in [0.25, 0.3) is 11.8 Å². The summed E-state index contributed by atoms with van der Waals surface area (Å²) in [5, 5.41) is 5.85. The van der Waals surface area contributed by atoms with Crippen LogP contribution in [-0.4, -0.2) is 29.2 Å². The molecule has 0 aliphatic carbocycles. The maximum atomic E-state index is 13.0. The van der Waals surface area contributed by atoms with Crippen LogP contribution in [0.1, 0.15) is 38.3 Å². The lowest BCUT2D eigenvalue weighted by Crippen LogP contribution is -2.33. The standard InChI is InChI=1S/C23H25N3O3/c1-4-14-26-22(28)20(17-8-12-18(13-9-17)24-15(3)27)21(23(26)29)25-19-10-6-16(5-2)7-11-19/h6-13,25H,4-5,14H2,1-3H3,(H,24,27). The fourth-order valence-corrected chi connectivity index (χ4v) is 3.28. The van der Waals surface area contributed by atoms with Gasteiger partial charge >= 0.3 is 0 Å². The summed E-state index contributed by atoms with van der Waals surface area (Å²) in [4.78, 5) is 38.5. The summed E-state index contributed by atoms with van der Waals surface area (Å²) in [6, 6.07) is 14.7. The number of nitrogens with one attached hydrogen (secondary N) is 2. The molecule has 150 valence electrons. The molecule has 6 heteroatoms. The zero-order valence-corrected chi connectivity index (χ0v) is 16.9. The molecule has 1 aliphatic heterocycles. The van der Waals surface area contributed by atoms with Gasteiger partial charge in [0.15, 0.2) is 0 Å². The van der Waals surface area contributed by atoms with E-state index < -0.39 is 0 Å². The van der Waals surface area contributed by atoms with Crippen LogP contribution in [-0.2, 0) is 20.8 Å². The van der Waals surface area contributed by atoms with E-state index in [-0.39, 0.29) is 23.4 Å². The number of anilines is 2. The lowest BCUT2D eigenvalue weighted by Gasteiger charge is -2.13. The fourth-order valence-electron chi connectivity index (χ4n) is 3.28. The van der Waals surface area contributed by atoms with Gasteiger partial charge in [0.1, 0.15) is 5.70 Å². The molecule has 3 amide bonds. The number of amides is 3. The second kappa shape index (κ2) is 8.73. The van der Waals surface area contributed by atoms with Crippen molar-refractivity contribution in [2.75, 3.05) is 17.2 Å². The van der Waals surface area contributed by atoms with E-state index in [0.29, 0.717) is 29.8 Å². The molecule has 1 aliphatic rings. The summed E-state index contributed by atoms with van der Waals surface area (Å²) in [6.07, 6.45) is 1.61. The van der Waals surface area contributed by atoms with Crippen molar-refractivity contribution in [1.29, 1.82) is 0 Å². The van der Waals surface area contributed by atoms with Crippen molar-refractivity contribution in [3.05, 3.63) is 65.4 Å². The van der Waals surface area contributed by atoms with Crippen LogP contribution in [0.4, 0.5) is 11.4 Å². The zero-order chi connectivity index (χ0) is 21.0. The number of carbonyl (C=O) groups is 3. The summed E-state index contributed by atoms with van der Waals surface area (Å²) < 4.78 is 0. The molecule has 2 aromatic rings. The maximum absolute atomic E-state index is 13.0. The first kappa shape index (κ1) is 20.3. The summed E-state index contributed by atoms with van der Waals surface area (Å²) in [5.41, 5.74) is 3.83. The smallest absolute Gasteiger partial charge is 0.278 e. The number of carbonyl (C=O) groups excluding carboxylic acids is 3. The molecule has 0 spiro atoms. The molecule has 0 saturated heterocycles. The molecule has 6 nitrogen and oxygen atoms in total. The molecule has 0 atom stereocenters. The van der Waals surface area contributed by atoms with Crippen molar-refractivity contribution in [2.24, 2.45) is 0 Å². The quantitative estimate of drug-likeness (QED) is 0.704. The van der Waals surface area contributed by atoms with E-state index in [1.807, 2.05) is 31.2 Å². The van der Waals surface area contributed by atoms with Gasteiger partial charge in [-0.1, -0.05) is 38.1 Å². The first-order chi connectivity index (χ1) is 13.9. The molecule has 2 N–H and O–H groups in total. The first-order valence-electron chi connectivity index (χ1n) is 9.79. The Kier molecular flexibility index (Phi) is 6.12. The van der Waals surface area contributed by atoms with E-state index in [1.54, 1.807) is 24.3 Å². The third-order valence-corrected chi connectivity index (χ3v) is 4.74. The highest BCUT2D eigenvalue weighted by Gasteiger charge is 2.38. The van der Waals surface area contributed by atoms with Crippen molar-refractivity contribution < 1.29 is 14.4 Å². The molecule has 0 unspecified atom stereocenters. The van der Waals surface area contributed by atoms with Crippen molar-refractivity contribution in [3.8, 4) is 0 Å². The normalized spacial score (nSPS) is 13.8. The van der Waals surface area contributed by atoms with Crippen LogP contribution in [0.15, 0.2) is 54.2 Å². The molecule has 29 heavy (non-hydrogen) atoms. The van der Waals surface area contributed by atoms with E-state index in [4.69, 9.17) is 0 Å². The Balaban J connectivity index is 1.99. The van der Waals surface area contributed by atoms with Gasteiger partial charge in [0.05, 0.1) is 5.57 Å². The average Bonchev–Trinajstić information content (AvgIpc) is 2.93. The van der Waals surface area contributed by atoms with Crippen molar-refractivity contribution >= 4 is 34.7 Å². The highest BCUT2D eigenvalue weighted by molar-refractivity contribution is 6.36. The van der Waals surface area contributed by atoms with E-state index >= 15 is 0 Å². The van der Waals surface area contributed by atoms with E-state index in [9.17, 15) is 14.4 Å². The zero-order valence-electron chi connectivity index (χ0n) is 16.9. The average molecular weight is 391 g/mol. The minimum Gasteiger partial charge on any atom is -0.350 e. The van der Waals surface area contributed by atoms with Gasteiger partial charge in [0, 0.05) is 24.8 Å². The van der Waals surface area contributed by atoms with Crippen molar-refractivity contribution in [1.82, 2.24) is 4.90 Å². The molecular weight excluding hydrogens is 366 g/mol. The molecule has 2 aromatic carbocycles. The number of hydrogen-bond acceptors (Lipinski definition) is 4. The van der Waals surface area contributed by atoms with Crippen LogP contribution in [0.3, 0.4) is 0 Å². The summed E-state index contributed by atoms with van der Waals surface area (Å²) >= 11 is 0. The predicted octanol–water partition coefficient (Wildman–Crippen LogP) is 3.81. The predicted molar refractivity (Wildman–Crippen MR) is 114 cm³/mol.